The molecule has 5 heteroatoms. The van der Waals surface area contributed by atoms with Crippen molar-refractivity contribution in [3.05, 3.63) is 30.1 Å². The van der Waals surface area contributed by atoms with Crippen LogP contribution in [0.5, 0.6) is 0 Å². The molecule has 1 aliphatic heterocycles. The van der Waals surface area contributed by atoms with E-state index in [0.29, 0.717) is 6.04 Å². The largest absolute Gasteiger partial charge is 0.481 e. The summed E-state index contributed by atoms with van der Waals surface area (Å²) in [5, 5.41) is 12.3. The maximum Gasteiger partial charge on any atom is 0.304 e. The van der Waals surface area contributed by atoms with Crippen molar-refractivity contribution < 1.29 is 9.90 Å². The summed E-state index contributed by atoms with van der Waals surface area (Å²) in [6, 6.07) is 4.47. The van der Waals surface area contributed by atoms with Gasteiger partial charge in [0.05, 0.1) is 6.42 Å². The summed E-state index contributed by atoms with van der Waals surface area (Å²) in [5.74, 6) is -0.742. The van der Waals surface area contributed by atoms with Gasteiger partial charge >= 0.3 is 5.97 Å². The van der Waals surface area contributed by atoms with Crippen LogP contribution < -0.4 is 5.32 Å². The fourth-order valence-electron chi connectivity index (χ4n) is 2.50. The van der Waals surface area contributed by atoms with Crippen molar-refractivity contribution in [2.75, 3.05) is 13.1 Å². The quantitative estimate of drug-likeness (QED) is 0.852. The molecule has 2 unspecified atom stereocenters. The van der Waals surface area contributed by atoms with Crippen LogP contribution in [-0.4, -0.2) is 46.1 Å². The second-order valence-electron chi connectivity index (χ2n) is 5.18. The first-order chi connectivity index (χ1) is 9.15. The second-order valence-corrected chi connectivity index (χ2v) is 5.18. The van der Waals surface area contributed by atoms with Gasteiger partial charge in [0, 0.05) is 37.6 Å². The van der Waals surface area contributed by atoms with Gasteiger partial charge in [-0.15, -0.1) is 0 Å². The molecule has 0 saturated carbocycles. The van der Waals surface area contributed by atoms with Gasteiger partial charge in [0.25, 0.3) is 0 Å². The van der Waals surface area contributed by atoms with Crippen LogP contribution in [0.15, 0.2) is 24.5 Å². The Kier molecular flexibility index (Phi) is 4.87. The summed E-state index contributed by atoms with van der Waals surface area (Å²) in [4.78, 5) is 17.3. The van der Waals surface area contributed by atoms with E-state index in [2.05, 4.69) is 28.2 Å². The summed E-state index contributed by atoms with van der Waals surface area (Å²) in [6.45, 7) is 4.67. The molecule has 0 bridgehead atoms. The summed E-state index contributed by atoms with van der Waals surface area (Å²) < 4.78 is 0. The van der Waals surface area contributed by atoms with Gasteiger partial charge in [-0.1, -0.05) is 6.07 Å². The predicted molar refractivity (Wildman–Crippen MR) is 72.8 cm³/mol. The first-order valence-corrected chi connectivity index (χ1v) is 6.73. The van der Waals surface area contributed by atoms with Gasteiger partial charge in [-0.25, -0.2) is 0 Å². The lowest BCUT2D eigenvalue weighted by molar-refractivity contribution is -0.137. The summed E-state index contributed by atoms with van der Waals surface area (Å²) >= 11 is 0. The van der Waals surface area contributed by atoms with Crippen molar-refractivity contribution >= 4 is 5.97 Å². The molecule has 104 valence electrons. The molecule has 2 rings (SSSR count). The van der Waals surface area contributed by atoms with E-state index in [1.165, 1.54) is 5.56 Å². The van der Waals surface area contributed by atoms with Crippen LogP contribution in [0.4, 0.5) is 0 Å². The van der Waals surface area contributed by atoms with Crippen molar-refractivity contribution in [3.63, 3.8) is 0 Å². The van der Waals surface area contributed by atoms with Crippen LogP contribution in [-0.2, 0) is 11.3 Å². The minimum atomic E-state index is -0.742. The minimum absolute atomic E-state index is 0.0270. The lowest BCUT2D eigenvalue weighted by Crippen LogP contribution is -2.40. The molecule has 1 aromatic heterocycles. The number of nitrogens with zero attached hydrogens (tertiary/aromatic N) is 2. The van der Waals surface area contributed by atoms with Crippen LogP contribution >= 0.6 is 0 Å². The Morgan fingerprint density at radius 1 is 1.63 bits per heavy atom. The first kappa shape index (κ1) is 14.0. The highest BCUT2D eigenvalue weighted by molar-refractivity contribution is 5.67. The molecule has 5 nitrogen and oxygen atoms in total. The lowest BCUT2D eigenvalue weighted by atomic mass is 10.1. The molecule has 2 N–H and O–H groups in total. The van der Waals surface area contributed by atoms with Crippen molar-refractivity contribution in [1.29, 1.82) is 0 Å². The maximum absolute atomic E-state index is 10.9. The highest BCUT2D eigenvalue weighted by Crippen LogP contribution is 2.14. The number of nitrogens with one attached hydrogen (secondary N) is 1. The summed E-state index contributed by atoms with van der Waals surface area (Å²) in [6.07, 6.45) is 4.86. The topological polar surface area (TPSA) is 65.5 Å². The van der Waals surface area contributed by atoms with E-state index in [-0.39, 0.29) is 12.5 Å². The smallest absolute Gasteiger partial charge is 0.304 e. The number of carboxylic acid groups (broad SMARTS) is 1. The third kappa shape index (κ3) is 4.29. The molecule has 19 heavy (non-hydrogen) atoms. The van der Waals surface area contributed by atoms with Crippen LogP contribution in [0.2, 0.25) is 0 Å². The van der Waals surface area contributed by atoms with Crippen molar-refractivity contribution in [2.45, 2.75) is 38.4 Å². The molecular weight excluding hydrogens is 242 g/mol. The Balaban J connectivity index is 2.01. The van der Waals surface area contributed by atoms with Gasteiger partial charge in [-0.05, 0) is 31.5 Å². The molecule has 1 aliphatic rings. The average molecular weight is 263 g/mol. The number of aromatic nitrogens is 1. The highest BCUT2D eigenvalue weighted by Gasteiger charge is 2.24. The number of aliphatic carboxylic acids is 1. The highest BCUT2D eigenvalue weighted by atomic mass is 16.4. The molecule has 0 radical (unpaired) electrons. The van der Waals surface area contributed by atoms with Gasteiger partial charge < -0.3 is 10.4 Å². The van der Waals surface area contributed by atoms with E-state index in [0.717, 1.165) is 26.1 Å². The zero-order valence-corrected chi connectivity index (χ0v) is 11.2. The fraction of sp³-hybridized carbons (Fsp3) is 0.571. The summed E-state index contributed by atoms with van der Waals surface area (Å²) in [5.41, 5.74) is 1.17. The molecule has 0 amide bonds. The average Bonchev–Trinajstić information content (AvgIpc) is 2.53. The normalized spacial score (nSPS) is 24.9. The van der Waals surface area contributed by atoms with Crippen molar-refractivity contribution in [1.82, 2.24) is 15.2 Å². The van der Waals surface area contributed by atoms with Crippen LogP contribution in [0, 0.1) is 0 Å². The SMILES string of the molecule is CC1CCNC(CC(=O)O)CN1Cc1cccnc1. The van der Waals surface area contributed by atoms with Crippen LogP contribution in [0.3, 0.4) is 0 Å². The Hall–Kier alpha value is -1.46. The molecule has 1 fully saturated rings. The Morgan fingerprint density at radius 2 is 2.47 bits per heavy atom. The molecule has 2 atom stereocenters. The molecule has 2 heterocycles. The third-order valence-electron chi connectivity index (χ3n) is 3.60. The Morgan fingerprint density at radius 3 is 3.16 bits per heavy atom. The van der Waals surface area contributed by atoms with Gasteiger partial charge in [-0.3, -0.25) is 14.7 Å². The molecule has 1 aromatic rings. The first-order valence-electron chi connectivity index (χ1n) is 6.73. The summed E-state index contributed by atoms with van der Waals surface area (Å²) in [7, 11) is 0. The lowest BCUT2D eigenvalue weighted by Gasteiger charge is -2.28. The minimum Gasteiger partial charge on any atom is -0.481 e. The molecular formula is C14H21N3O2. The Labute approximate surface area is 113 Å². The molecule has 0 spiro atoms. The molecule has 0 aromatic carbocycles. The van der Waals surface area contributed by atoms with Gasteiger partial charge in [0.1, 0.15) is 0 Å². The number of carbonyl (C=O) groups is 1. The van der Waals surface area contributed by atoms with Crippen molar-refractivity contribution in [3.8, 4) is 0 Å². The number of hydrogen-bond acceptors (Lipinski definition) is 4. The second kappa shape index (κ2) is 6.63. The number of carboxylic acids is 1. The number of pyridine rings is 1. The van der Waals surface area contributed by atoms with E-state index < -0.39 is 5.97 Å². The maximum atomic E-state index is 10.9. The van der Waals surface area contributed by atoms with E-state index in [9.17, 15) is 4.79 Å². The zero-order chi connectivity index (χ0) is 13.7. The van der Waals surface area contributed by atoms with Crippen LogP contribution in [0.25, 0.3) is 0 Å². The van der Waals surface area contributed by atoms with Gasteiger partial charge in [0.15, 0.2) is 0 Å². The van der Waals surface area contributed by atoms with Gasteiger partial charge in [-0.2, -0.15) is 0 Å². The van der Waals surface area contributed by atoms with E-state index in [1.807, 2.05) is 12.3 Å². The van der Waals surface area contributed by atoms with Crippen molar-refractivity contribution in [2.24, 2.45) is 0 Å². The van der Waals surface area contributed by atoms with E-state index in [1.54, 1.807) is 6.20 Å². The third-order valence-corrected chi connectivity index (χ3v) is 3.60. The van der Waals surface area contributed by atoms with E-state index in [4.69, 9.17) is 5.11 Å². The monoisotopic (exact) mass is 263 g/mol. The van der Waals surface area contributed by atoms with Gasteiger partial charge in [0.2, 0.25) is 0 Å². The Bertz CT molecular complexity index is 410. The standard InChI is InChI=1S/C14H21N3O2/c1-11-4-6-16-13(7-14(18)19)10-17(11)9-12-3-2-5-15-8-12/h2-3,5,8,11,13,16H,4,6-7,9-10H2,1H3,(H,18,19). The van der Waals surface area contributed by atoms with Crippen LogP contribution in [0.1, 0.15) is 25.3 Å². The molecule has 0 aliphatic carbocycles. The van der Waals surface area contributed by atoms with E-state index >= 15 is 0 Å². The predicted octanol–water partition coefficient (Wildman–Crippen LogP) is 1.11. The fourth-order valence-corrected chi connectivity index (χ4v) is 2.50. The zero-order valence-electron chi connectivity index (χ0n) is 11.2. The number of hydrogen-bond donors (Lipinski definition) is 2. The molecule has 1 saturated heterocycles. The number of rotatable bonds is 4.